The molecule has 3 aromatic rings. The van der Waals surface area contributed by atoms with Crippen LogP contribution in [0, 0.1) is 0 Å². The van der Waals surface area contributed by atoms with Gasteiger partial charge in [-0.2, -0.15) is 0 Å². The summed E-state index contributed by atoms with van der Waals surface area (Å²) < 4.78 is 6.64. The number of ether oxygens (including phenoxy) is 1. The molecular weight excluding hydrogens is 374 g/mol. The van der Waals surface area contributed by atoms with Crippen LogP contribution < -0.4 is 16.0 Å². The highest BCUT2D eigenvalue weighted by Gasteiger charge is 2.29. The minimum atomic E-state index is -0.460. The maximum absolute atomic E-state index is 12.6. The molecule has 0 amide bonds. The Bertz CT molecular complexity index is 1160. The maximum atomic E-state index is 12.6. The number of aromatic nitrogens is 3. The van der Waals surface area contributed by atoms with E-state index in [4.69, 9.17) is 16.3 Å². The third-order valence-electron chi connectivity index (χ3n) is 4.33. The Morgan fingerprint density at radius 2 is 2.08 bits per heavy atom. The standard InChI is InChI=1S/C18H14ClN3O3S/c1-22-8-12(16(23)21-17(22)24)14-11-5-4-10(19)7-9(11)3-6-13-15(14)20-18(25-2)26-13/h3-8,14H,1-2H3,(H,21,23,24). The van der Waals surface area contributed by atoms with Crippen LogP contribution in [-0.4, -0.2) is 21.6 Å². The molecule has 1 aromatic carbocycles. The molecule has 2 heterocycles. The Hall–Kier alpha value is -2.64. The fourth-order valence-electron chi connectivity index (χ4n) is 3.11. The van der Waals surface area contributed by atoms with E-state index in [2.05, 4.69) is 9.97 Å². The van der Waals surface area contributed by atoms with Gasteiger partial charge in [0.05, 0.1) is 23.6 Å². The van der Waals surface area contributed by atoms with Gasteiger partial charge in [-0.3, -0.25) is 9.78 Å². The van der Waals surface area contributed by atoms with E-state index in [0.29, 0.717) is 21.5 Å². The molecule has 0 aliphatic heterocycles. The zero-order valence-electron chi connectivity index (χ0n) is 13.9. The number of rotatable bonds is 2. The highest BCUT2D eigenvalue weighted by Crippen LogP contribution is 2.41. The number of thiazole rings is 1. The Balaban J connectivity index is 2.06. The van der Waals surface area contributed by atoms with E-state index in [0.717, 1.165) is 16.0 Å². The predicted octanol–water partition coefficient (Wildman–Crippen LogP) is 2.86. The number of nitrogens with one attached hydrogen (secondary N) is 1. The van der Waals surface area contributed by atoms with Gasteiger partial charge < -0.3 is 9.30 Å². The molecule has 6 nitrogen and oxygen atoms in total. The van der Waals surface area contributed by atoms with Crippen LogP contribution in [0.25, 0.3) is 12.2 Å². The number of fused-ring (bicyclic) bond motifs is 2. The van der Waals surface area contributed by atoms with Crippen LogP contribution in [-0.2, 0) is 7.05 Å². The third kappa shape index (κ3) is 2.69. The molecule has 26 heavy (non-hydrogen) atoms. The van der Waals surface area contributed by atoms with Gasteiger partial charge in [0.1, 0.15) is 0 Å². The summed E-state index contributed by atoms with van der Waals surface area (Å²) >= 11 is 7.55. The van der Waals surface area contributed by atoms with Gasteiger partial charge >= 0.3 is 5.69 Å². The molecule has 1 atom stereocenters. The molecule has 0 spiro atoms. The van der Waals surface area contributed by atoms with E-state index in [1.54, 1.807) is 26.4 Å². The van der Waals surface area contributed by atoms with Gasteiger partial charge in [0.25, 0.3) is 10.8 Å². The van der Waals surface area contributed by atoms with Crippen molar-refractivity contribution in [2.24, 2.45) is 7.05 Å². The molecule has 2 aromatic heterocycles. The van der Waals surface area contributed by atoms with E-state index < -0.39 is 17.2 Å². The van der Waals surface area contributed by atoms with Crippen LogP contribution in [0.2, 0.25) is 5.02 Å². The number of halogens is 1. The smallest absolute Gasteiger partial charge is 0.328 e. The monoisotopic (exact) mass is 387 g/mol. The first kappa shape index (κ1) is 16.8. The van der Waals surface area contributed by atoms with Crippen molar-refractivity contribution in [3.8, 4) is 5.19 Å². The van der Waals surface area contributed by atoms with Gasteiger partial charge in [-0.15, -0.1) is 0 Å². The first-order valence-electron chi connectivity index (χ1n) is 7.80. The largest absolute Gasteiger partial charge is 0.473 e. The predicted molar refractivity (Wildman–Crippen MR) is 102 cm³/mol. The zero-order chi connectivity index (χ0) is 18.4. The minimum absolute atomic E-state index is 0.432. The molecule has 0 bridgehead atoms. The fourth-order valence-corrected chi connectivity index (χ4v) is 4.11. The molecule has 0 saturated heterocycles. The van der Waals surface area contributed by atoms with Gasteiger partial charge in [0, 0.05) is 23.8 Å². The quantitative estimate of drug-likeness (QED) is 0.573. The van der Waals surface area contributed by atoms with E-state index in [-0.39, 0.29) is 0 Å². The van der Waals surface area contributed by atoms with Crippen molar-refractivity contribution in [3.63, 3.8) is 0 Å². The number of hydrogen-bond donors (Lipinski definition) is 1. The van der Waals surface area contributed by atoms with Gasteiger partial charge in [-0.1, -0.05) is 35.1 Å². The summed E-state index contributed by atoms with van der Waals surface area (Å²) in [7, 11) is 3.16. The molecule has 1 aliphatic carbocycles. The van der Waals surface area contributed by atoms with Crippen molar-refractivity contribution in [3.05, 3.63) is 77.5 Å². The average molecular weight is 388 g/mol. The lowest BCUT2D eigenvalue weighted by atomic mass is 9.87. The lowest BCUT2D eigenvalue weighted by Crippen LogP contribution is -2.31. The van der Waals surface area contributed by atoms with Crippen molar-refractivity contribution in [2.75, 3.05) is 7.11 Å². The average Bonchev–Trinajstić information content (AvgIpc) is 2.96. The van der Waals surface area contributed by atoms with Crippen molar-refractivity contribution < 1.29 is 4.74 Å². The normalized spacial score (nSPS) is 15.3. The Labute approximate surface area is 157 Å². The highest BCUT2D eigenvalue weighted by molar-refractivity contribution is 7.14. The summed E-state index contributed by atoms with van der Waals surface area (Å²) in [6.07, 6.45) is 5.46. The molecule has 1 N–H and O–H groups in total. The number of benzene rings is 1. The van der Waals surface area contributed by atoms with Crippen LogP contribution in [0.1, 0.15) is 33.2 Å². The lowest BCUT2D eigenvalue weighted by Gasteiger charge is -2.18. The van der Waals surface area contributed by atoms with Crippen molar-refractivity contribution in [2.45, 2.75) is 5.92 Å². The summed E-state index contributed by atoms with van der Waals surface area (Å²) in [6.45, 7) is 0. The summed E-state index contributed by atoms with van der Waals surface area (Å²) in [5.74, 6) is -0.442. The van der Waals surface area contributed by atoms with Gasteiger partial charge in [0.2, 0.25) is 0 Å². The van der Waals surface area contributed by atoms with Crippen molar-refractivity contribution in [1.82, 2.24) is 14.5 Å². The topological polar surface area (TPSA) is 77.0 Å². The summed E-state index contributed by atoms with van der Waals surface area (Å²) in [6, 6.07) is 5.52. The second-order valence-electron chi connectivity index (χ2n) is 5.93. The van der Waals surface area contributed by atoms with E-state index in [1.807, 2.05) is 24.3 Å². The second kappa shape index (κ2) is 6.26. The molecule has 1 aliphatic rings. The molecule has 4 rings (SSSR count). The van der Waals surface area contributed by atoms with E-state index in [1.165, 1.54) is 15.9 Å². The number of methoxy groups -OCH3 is 1. The molecule has 0 saturated carbocycles. The van der Waals surface area contributed by atoms with Crippen molar-refractivity contribution >= 4 is 35.1 Å². The molecule has 8 heteroatoms. The molecule has 0 radical (unpaired) electrons. The first-order valence-corrected chi connectivity index (χ1v) is 8.99. The summed E-state index contributed by atoms with van der Waals surface area (Å²) in [4.78, 5) is 32.2. The van der Waals surface area contributed by atoms with Crippen LogP contribution >= 0.6 is 22.9 Å². The number of aryl methyl sites for hydroxylation is 1. The Kier molecular flexibility index (Phi) is 4.05. The van der Waals surface area contributed by atoms with Crippen molar-refractivity contribution in [1.29, 1.82) is 0 Å². The van der Waals surface area contributed by atoms with Crippen LogP contribution in [0.3, 0.4) is 0 Å². The van der Waals surface area contributed by atoms with Crippen LogP contribution in [0.4, 0.5) is 0 Å². The first-order chi connectivity index (χ1) is 12.5. The SMILES string of the molecule is COc1nc2c(s1)C=Cc1cc(Cl)ccc1C2c1cn(C)c(=O)[nH]c1=O. The Morgan fingerprint density at radius 1 is 1.27 bits per heavy atom. The minimum Gasteiger partial charge on any atom is -0.473 e. The summed E-state index contributed by atoms with van der Waals surface area (Å²) in [5, 5.41) is 1.13. The Morgan fingerprint density at radius 3 is 2.85 bits per heavy atom. The number of hydrogen-bond acceptors (Lipinski definition) is 5. The molecule has 0 fully saturated rings. The number of aromatic amines is 1. The number of H-pyrrole nitrogens is 1. The van der Waals surface area contributed by atoms with Gasteiger partial charge in [-0.05, 0) is 29.3 Å². The van der Waals surface area contributed by atoms with E-state index >= 15 is 0 Å². The zero-order valence-corrected chi connectivity index (χ0v) is 15.5. The van der Waals surface area contributed by atoms with E-state index in [9.17, 15) is 9.59 Å². The maximum Gasteiger partial charge on any atom is 0.328 e. The van der Waals surface area contributed by atoms with Crippen LogP contribution in [0.15, 0.2) is 34.0 Å². The van der Waals surface area contributed by atoms with Crippen LogP contribution in [0.5, 0.6) is 5.19 Å². The fraction of sp³-hybridized carbons (Fsp3) is 0.167. The lowest BCUT2D eigenvalue weighted by molar-refractivity contribution is 0.410. The molecule has 1 unspecified atom stereocenters. The summed E-state index contributed by atoms with van der Waals surface area (Å²) in [5.41, 5.74) is 2.06. The molecule has 132 valence electrons. The third-order valence-corrected chi connectivity index (χ3v) is 5.56. The number of nitrogens with zero attached hydrogens (tertiary/aromatic N) is 2. The highest BCUT2D eigenvalue weighted by atomic mass is 35.5. The molecular formula is C18H14ClN3O3S. The van der Waals surface area contributed by atoms with Gasteiger partial charge in [0.15, 0.2) is 0 Å². The van der Waals surface area contributed by atoms with Gasteiger partial charge in [-0.25, -0.2) is 9.78 Å². The second-order valence-corrected chi connectivity index (χ2v) is 7.36.